The molecular formula is C14H18FN3O2S. The largest absolute Gasteiger partial charge is 0.493 e. The standard InChI is InChI=1S/C14H18FN3O2S/c1-8(16-7-14-18-17-9(2)21-14)10-5-12(19-3)13(20-4)6-11(10)15/h5-6,8,16H,7H2,1-4H3/t8-/m0/s1. The average Bonchev–Trinajstić information content (AvgIpc) is 2.90. The van der Waals surface area contributed by atoms with Gasteiger partial charge in [0.25, 0.3) is 0 Å². The Balaban J connectivity index is 2.12. The van der Waals surface area contributed by atoms with E-state index in [-0.39, 0.29) is 11.9 Å². The third kappa shape index (κ3) is 3.68. The summed E-state index contributed by atoms with van der Waals surface area (Å²) >= 11 is 1.52. The molecule has 5 nitrogen and oxygen atoms in total. The van der Waals surface area contributed by atoms with Crippen LogP contribution in [-0.4, -0.2) is 24.4 Å². The van der Waals surface area contributed by atoms with Crippen LogP contribution >= 0.6 is 11.3 Å². The van der Waals surface area contributed by atoms with Gasteiger partial charge in [0.2, 0.25) is 0 Å². The zero-order valence-corrected chi connectivity index (χ0v) is 13.3. The van der Waals surface area contributed by atoms with E-state index in [4.69, 9.17) is 9.47 Å². The molecule has 0 unspecified atom stereocenters. The van der Waals surface area contributed by atoms with Crippen molar-refractivity contribution < 1.29 is 13.9 Å². The molecule has 0 aliphatic carbocycles. The summed E-state index contributed by atoms with van der Waals surface area (Å²) in [6.45, 7) is 4.33. The Kier molecular flexibility index (Phi) is 5.08. The molecule has 0 saturated heterocycles. The molecule has 0 radical (unpaired) electrons. The van der Waals surface area contributed by atoms with Gasteiger partial charge in [-0.1, -0.05) is 0 Å². The molecule has 1 aromatic carbocycles. The lowest BCUT2D eigenvalue weighted by Gasteiger charge is -2.16. The third-order valence-corrected chi connectivity index (χ3v) is 3.94. The van der Waals surface area contributed by atoms with E-state index in [0.717, 1.165) is 10.0 Å². The van der Waals surface area contributed by atoms with Crippen LogP contribution in [0.25, 0.3) is 0 Å². The molecule has 0 saturated carbocycles. The maximum atomic E-state index is 14.1. The van der Waals surface area contributed by atoms with Crippen LogP contribution < -0.4 is 14.8 Å². The van der Waals surface area contributed by atoms with E-state index in [2.05, 4.69) is 15.5 Å². The molecule has 2 aromatic rings. The molecule has 0 aliphatic heterocycles. The van der Waals surface area contributed by atoms with Gasteiger partial charge in [-0.05, 0) is 19.9 Å². The van der Waals surface area contributed by atoms with E-state index in [1.54, 1.807) is 6.07 Å². The van der Waals surface area contributed by atoms with Crippen molar-refractivity contribution in [3.8, 4) is 11.5 Å². The highest BCUT2D eigenvalue weighted by atomic mass is 32.1. The zero-order valence-electron chi connectivity index (χ0n) is 12.4. The van der Waals surface area contributed by atoms with Crippen LogP contribution in [0.15, 0.2) is 12.1 Å². The number of hydrogen-bond acceptors (Lipinski definition) is 6. The fraction of sp³-hybridized carbons (Fsp3) is 0.429. The number of aryl methyl sites for hydroxylation is 1. The topological polar surface area (TPSA) is 56.3 Å². The van der Waals surface area contributed by atoms with Crippen molar-refractivity contribution in [1.82, 2.24) is 15.5 Å². The summed E-state index contributed by atoms with van der Waals surface area (Å²) in [7, 11) is 3.01. The Morgan fingerprint density at radius 1 is 1.24 bits per heavy atom. The van der Waals surface area contributed by atoms with Crippen LogP contribution in [0.4, 0.5) is 4.39 Å². The molecule has 114 valence electrons. The van der Waals surface area contributed by atoms with E-state index < -0.39 is 0 Å². The molecular weight excluding hydrogens is 293 g/mol. The fourth-order valence-corrected chi connectivity index (χ4v) is 2.62. The van der Waals surface area contributed by atoms with Crippen molar-refractivity contribution in [1.29, 1.82) is 0 Å². The fourth-order valence-electron chi connectivity index (χ4n) is 1.96. The van der Waals surface area contributed by atoms with Crippen LogP contribution in [0.2, 0.25) is 0 Å². The summed E-state index contributed by atoms with van der Waals surface area (Å²) in [5, 5.41) is 13.0. The van der Waals surface area contributed by atoms with Crippen molar-refractivity contribution in [2.24, 2.45) is 0 Å². The van der Waals surface area contributed by atoms with Crippen LogP contribution in [0.5, 0.6) is 11.5 Å². The zero-order chi connectivity index (χ0) is 15.4. The van der Waals surface area contributed by atoms with Crippen LogP contribution in [0, 0.1) is 12.7 Å². The summed E-state index contributed by atoms with van der Waals surface area (Å²) in [4.78, 5) is 0. The number of halogens is 1. The third-order valence-electron chi connectivity index (χ3n) is 3.10. The molecule has 0 fully saturated rings. The molecule has 0 aliphatic rings. The molecule has 1 N–H and O–H groups in total. The number of aromatic nitrogens is 2. The number of rotatable bonds is 6. The van der Waals surface area contributed by atoms with Gasteiger partial charge in [-0.3, -0.25) is 0 Å². The van der Waals surface area contributed by atoms with E-state index in [1.807, 2.05) is 13.8 Å². The predicted octanol–water partition coefficient (Wildman–Crippen LogP) is 2.85. The summed E-state index contributed by atoms with van der Waals surface area (Å²) in [6.07, 6.45) is 0. The average molecular weight is 311 g/mol. The maximum absolute atomic E-state index is 14.1. The highest BCUT2D eigenvalue weighted by Gasteiger charge is 2.16. The minimum atomic E-state index is -0.332. The Hall–Kier alpha value is -1.73. The number of benzene rings is 1. The Morgan fingerprint density at radius 2 is 1.90 bits per heavy atom. The molecule has 1 heterocycles. The molecule has 0 spiro atoms. The van der Waals surface area contributed by atoms with Crippen molar-refractivity contribution >= 4 is 11.3 Å². The smallest absolute Gasteiger partial charge is 0.163 e. The molecule has 0 amide bonds. The summed E-state index contributed by atoms with van der Waals surface area (Å²) in [5.74, 6) is 0.557. The molecule has 2 rings (SSSR count). The van der Waals surface area contributed by atoms with Gasteiger partial charge in [-0.25, -0.2) is 4.39 Å². The van der Waals surface area contributed by atoms with Gasteiger partial charge in [0.05, 0.1) is 20.8 Å². The minimum absolute atomic E-state index is 0.186. The van der Waals surface area contributed by atoms with Crippen molar-refractivity contribution in [2.45, 2.75) is 26.4 Å². The first-order valence-electron chi connectivity index (χ1n) is 6.49. The summed E-state index contributed by atoms with van der Waals surface area (Å²) < 4.78 is 24.4. The molecule has 1 atom stereocenters. The number of nitrogens with zero attached hydrogens (tertiary/aromatic N) is 2. The quantitative estimate of drug-likeness (QED) is 0.889. The van der Waals surface area contributed by atoms with Gasteiger partial charge in [0.1, 0.15) is 15.8 Å². The highest BCUT2D eigenvalue weighted by Crippen LogP contribution is 2.32. The maximum Gasteiger partial charge on any atom is 0.163 e. The van der Waals surface area contributed by atoms with Gasteiger partial charge < -0.3 is 14.8 Å². The van der Waals surface area contributed by atoms with Crippen LogP contribution in [0.1, 0.15) is 28.5 Å². The van der Waals surface area contributed by atoms with Crippen LogP contribution in [0.3, 0.4) is 0 Å². The normalized spacial score (nSPS) is 12.2. The summed E-state index contributed by atoms with van der Waals surface area (Å²) in [5.41, 5.74) is 0.522. The second-order valence-electron chi connectivity index (χ2n) is 4.55. The number of nitrogens with one attached hydrogen (secondary N) is 1. The number of methoxy groups -OCH3 is 2. The Morgan fingerprint density at radius 3 is 2.48 bits per heavy atom. The molecule has 7 heteroatoms. The Labute approximate surface area is 127 Å². The van der Waals surface area contributed by atoms with Gasteiger partial charge >= 0.3 is 0 Å². The van der Waals surface area contributed by atoms with Crippen molar-refractivity contribution in [3.05, 3.63) is 33.5 Å². The predicted molar refractivity (Wildman–Crippen MR) is 79.4 cm³/mol. The summed E-state index contributed by atoms with van der Waals surface area (Å²) in [6, 6.07) is 2.80. The van der Waals surface area contributed by atoms with Crippen molar-refractivity contribution in [3.63, 3.8) is 0 Å². The number of hydrogen-bond donors (Lipinski definition) is 1. The van der Waals surface area contributed by atoms with E-state index >= 15 is 0 Å². The second kappa shape index (κ2) is 6.82. The van der Waals surface area contributed by atoms with E-state index in [0.29, 0.717) is 23.6 Å². The minimum Gasteiger partial charge on any atom is -0.493 e. The van der Waals surface area contributed by atoms with E-state index in [9.17, 15) is 4.39 Å². The van der Waals surface area contributed by atoms with E-state index in [1.165, 1.54) is 31.6 Å². The highest BCUT2D eigenvalue weighted by molar-refractivity contribution is 7.11. The van der Waals surface area contributed by atoms with Gasteiger partial charge in [0.15, 0.2) is 11.5 Å². The monoisotopic (exact) mass is 311 g/mol. The molecule has 1 aromatic heterocycles. The first-order valence-corrected chi connectivity index (χ1v) is 7.30. The van der Waals surface area contributed by atoms with Gasteiger partial charge in [0, 0.05) is 17.7 Å². The molecule has 21 heavy (non-hydrogen) atoms. The SMILES string of the molecule is COc1cc(F)c([C@H](C)NCc2nnc(C)s2)cc1OC. The Bertz CT molecular complexity index is 618. The first kappa shape index (κ1) is 15.7. The van der Waals surface area contributed by atoms with Gasteiger partial charge in [-0.15, -0.1) is 21.5 Å². The lowest BCUT2D eigenvalue weighted by molar-refractivity contribution is 0.350. The second-order valence-corrected chi connectivity index (χ2v) is 5.81. The van der Waals surface area contributed by atoms with Crippen molar-refractivity contribution in [2.75, 3.05) is 14.2 Å². The lowest BCUT2D eigenvalue weighted by atomic mass is 10.1. The molecule has 0 bridgehead atoms. The number of ether oxygens (including phenoxy) is 2. The first-order chi connectivity index (χ1) is 10.0. The van der Waals surface area contributed by atoms with Crippen LogP contribution in [-0.2, 0) is 6.54 Å². The van der Waals surface area contributed by atoms with Gasteiger partial charge in [-0.2, -0.15) is 0 Å². The lowest BCUT2D eigenvalue weighted by Crippen LogP contribution is -2.19.